The fourth-order valence-electron chi connectivity index (χ4n) is 2.64. The van der Waals surface area contributed by atoms with Crippen LogP contribution in [-0.4, -0.2) is 16.6 Å². The van der Waals surface area contributed by atoms with Gasteiger partial charge in [0.25, 0.3) is 0 Å². The van der Waals surface area contributed by atoms with Gasteiger partial charge in [-0.3, -0.25) is 0 Å². The van der Waals surface area contributed by atoms with Gasteiger partial charge in [-0.2, -0.15) is 0 Å². The Balaban J connectivity index is 2.03. The smallest absolute Gasteiger partial charge is 0.133 e. The SMILES string of the molecule is OCc1ccnc(N2CCCCc3ccccc32)c1. The van der Waals surface area contributed by atoms with Crippen molar-refractivity contribution >= 4 is 11.5 Å². The minimum absolute atomic E-state index is 0.0605. The van der Waals surface area contributed by atoms with Crippen LogP contribution < -0.4 is 4.90 Å². The van der Waals surface area contributed by atoms with Gasteiger partial charge in [0.1, 0.15) is 5.82 Å². The Morgan fingerprint density at radius 3 is 2.95 bits per heavy atom. The van der Waals surface area contributed by atoms with E-state index in [2.05, 4.69) is 34.1 Å². The van der Waals surface area contributed by atoms with Crippen molar-refractivity contribution in [2.24, 2.45) is 0 Å². The molecule has 1 N–H and O–H groups in total. The normalized spacial score (nSPS) is 14.9. The van der Waals surface area contributed by atoms with E-state index in [0.717, 1.165) is 24.3 Å². The molecule has 2 heterocycles. The molecule has 2 aromatic rings. The van der Waals surface area contributed by atoms with Gasteiger partial charge in [0.05, 0.1) is 6.61 Å². The highest BCUT2D eigenvalue weighted by Gasteiger charge is 2.17. The lowest BCUT2D eigenvalue weighted by Gasteiger charge is -2.24. The van der Waals surface area contributed by atoms with Gasteiger partial charge in [-0.15, -0.1) is 0 Å². The number of benzene rings is 1. The highest BCUT2D eigenvalue weighted by Crippen LogP contribution is 2.31. The predicted molar refractivity (Wildman–Crippen MR) is 76.5 cm³/mol. The molecule has 3 heteroatoms. The number of anilines is 2. The van der Waals surface area contributed by atoms with E-state index >= 15 is 0 Å². The number of nitrogens with zero attached hydrogens (tertiary/aromatic N) is 2. The number of fused-ring (bicyclic) bond motifs is 1. The molecule has 0 amide bonds. The number of hydrogen-bond acceptors (Lipinski definition) is 3. The number of aliphatic hydroxyl groups is 1. The molecule has 3 nitrogen and oxygen atoms in total. The van der Waals surface area contributed by atoms with Crippen molar-refractivity contribution in [3.8, 4) is 0 Å². The Bertz CT molecular complexity index is 568. The van der Waals surface area contributed by atoms with Gasteiger partial charge in [0, 0.05) is 18.4 Å². The minimum atomic E-state index is 0.0605. The summed E-state index contributed by atoms with van der Waals surface area (Å²) in [4.78, 5) is 6.73. The van der Waals surface area contributed by atoms with Crippen molar-refractivity contribution in [1.82, 2.24) is 4.98 Å². The maximum absolute atomic E-state index is 9.26. The Labute approximate surface area is 113 Å². The number of aryl methyl sites for hydroxylation is 1. The molecule has 0 saturated heterocycles. The molecule has 0 atom stereocenters. The maximum Gasteiger partial charge on any atom is 0.133 e. The molecule has 0 bridgehead atoms. The monoisotopic (exact) mass is 254 g/mol. The van der Waals surface area contributed by atoms with Crippen LogP contribution in [0.1, 0.15) is 24.0 Å². The van der Waals surface area contributed by atoms with Crippen molar-refractivity contribution in [1.29, 1.82) is 0 Å². The van der Waals surface area contributed by atoms with Crippen molar-refractivity contribution < 1.29 is 5.11 Å². The second-order valence-corrected chi connectivity index (χ2v) is 4.92. The van der Waals surface area contributed by atoms with Crippen molar-refractivity contribution in [2.45, 2.75) is 25.9 Å². The molecule has 1 aromatic heterocycles. The van der Waals surface area contributed by atoms with Crippen LogP contribution in [0.15, 0.2) is 42.6 Å². The lowest BCUT2D eigenvalue weighted by atomic mass is 10.1. The molecule has 1 aliphatic rings. The van der Waals surface area contributed by atoms with Crippen LogP contribution in [-0.2, 0) is 13.0 Å². The largest absolute Gasteiger partial charge is 0.392 e. The summed E-state index contributed by atoms with van der Waals surface area (Å²) in [5.74, 6) is 0.931. The third kappa shape index (κ3) is 2.47. The summed E-state index contributed by atoms with van der Waals surface area (Å²) in [6, 6.07) is 12.4. The molecular weight excluding hydrogens is 236 g/mol. The van der Waals surface area contributed by atoms with Crippen molar-refractivity contribution in [3.05, 3.63) is 53.7 Å². The average molecular weight is 254 g/mol. The van der Waals surface area contributed by atoms with Crippen LogP contribution >= 0.6 is 0 Å². The standard InChI is InChI=1S/C16H18N2O/c19-12-13-8-9-17-16(11-13)18-10-4-3-6-14-5-1-2-7-15(14)18/h1-2,5,7-9,11,19H,3-4,6,10,12H2. The predicted octanol–water partition coefficient (Wildman–Crippen LogP) is 3.05. The van der Waals surface area contributed by atoms with E-state index in [9.17, 15) is 5.11 Å². The fraction of sp³-hybridized carbons (Fsp3) is 0.312. The van der Waals surface area contributed by atoms with Crippen molar-refractivity contribution in [2.75, 3.05) is 11.4 Å². The summed E-state index contributed by atoms with van der Waals surface area (Å²) < 4.78 is 0. The number of rotatable bonds is 2. The molecule has 3 rings (SSSR count). The van der Waals surface area contributed by atoms with E-state index in [1.165, 1.54) is 24.1 Å². The van der Waals surface area contributed by atoms with Gasteiger partial charge >= 0.3 is 0 Å². The van der Waals surface area contributed by atoms with E-state index < -0.39 is 0 Å². The molecule has 0 unspecified atom stereocenters. The molecular formula is C16H18N2O. The van der Waals surface area contributed by atoms with Crippen LogP contribution in [0.2, 0.25) is 0 Å². The highest BCUT2D eigenvalue weighted by molar-refractivity contribution is 5.64. The Morgan fingerprint density at radius 2 is 2.05 bits per heavy atom. The molecule has 19 heavy (non-hydrogen) atoms. The van der Waals surface area contributed by atoms with E-state index in [-0.39, 0.29) is 6.61 Å². The van der Waals surface area contributed by atoms with E-state index in [0.29, 0.717) is 0 Å². The van der Waals surface area contributed by atoms with Gasteiger partial charge < -0.3 is 10.0 Å². The Hall–Kier alpha value is -1.87. The first-order valence-electron chi connectivity index (χ1n) is 6.80. The van der Waals surface area contributed by atoms with Gasteiger partial charge in [-0.25, -0.2) is 4.98 Å². The summed E-state index contributed by atoms with van der Waals surface area (Å²) >= 11 is 0. The van der Waals surface area contributed by atoms with Gasteiger partial charge in [0.2, 0.25) is 0 Å². The number of para-hydroxylation sites is 1. The van der Waals surface area contributed by atoms with Crippen LogP contribution in [0.3, 0.4) is 0 Å². The second-order valence-electron chi connectivity index (χ2n) is 4.92. The molecule has 98 valence electrons. The Morgan fingerprint density at radius 1 is 1.16 bits per heavy atom. The third-order valence-electron chi connectivity index (χ3n) is 3.63. The number of aromatic nitrogens is 1. The first-order chi connectivity index (χ1) is 9.38. The molecule has 1 aliphatic heterocycles. The minimum Gasteiger partial charge on any atom is -0.392 e. The first kappa shape index (κ1) is 12.2. The fourth-order valence-corrected chi connectivity index (χ4v) is 2.64. The summed E-state index contributed by atoms with van der Waals surface area (Å²) in [6.45, 7) is 1.05. The average Bonchev–Trinajstić information content (AvgIpc) is 2.69. The number of pyridine rings is 1. The number of hydrogen-bond donors (Lipinski definition) is 1. The van der Waals surface area contributed by atoms with E-state index in [4.69, 9.17) is 0 Å². The van der Waals surface area contributed by atoms with E-state index in [1.54, 1.807) is 6.20 Å². The lowest BCUT2D eigenvalue weighted by Crippen LogP contribution is -2.19. The maximum atomic E-state index is 9.26. The summed E-state index contributed by atoms with van der Waals surface area (Å²) in [6.07, 6.45) is 5.29. The molecule has 0 saturated carbocycles. The summed E-state index contributed by atoms with van der Waals surface area (Å²) in [5, 5.41) is 9.26. The van der Waals surface area contributed by atoms with Gasteiger partial charge in [-0.1, -0.05) is 18.2 Å². The van der Waals surface area contributed by atoms with Gasteiger partial charge in [-0.05, 0) is 48.6 Å². The molecule has 0 aliphatic carbocycles. The van der Waals surface area contributed by atoms with Gasteiger partial charge in [0.15, 0.2) is 0 Å². The quantitative estimate of drug-likeness (QED) is 0.894. The van der Waals surface area contributed by atoms with Crippen LogP contribution in [0.4, 0.5) is 11.5 Å². The zero-order chi connectivity index (χ0) is 13.1. The van der Waals surface area contributed by atoms with Crippen LogP contribution in [0.5, 0.6) is 0 Å². The lowest BCUT2D eigenvalue weighted by molar-refractivity contribution is 0.282. The molecule has 0 spiro atoms. The van der Waals surface area contributed by atoms with Crippen molar-refractivity contribution in [3.63, 3.8) is 0 Å². The summed E-state index contributed by atoms with van der Waals surface area (Å²) in [7, 11) is 0. The zero-order valence-corrected chi connectivity index (χ0v) is 10.9. The zero-order valence-electron chi connectivity index (χ0n) is 10.9. The highest BCUT2D eigenvalue weighted by atomic mass is 16.3. The van der Waals surface area contributed by atoms with Crippen LogP contribution in [0, 0.1) is 0 Å². The second kappa shape index (κ2) is 5.41. The third-order valence-corrected chi connectivity index (χ3v) is 3.63. The molecule has 0 radical (unpaired) electrons. The molecule has 1 aromatic carbocycles. The number of aliphatic hydroxyl groups excluding tert-OH is 1. The summed E-state index contributed by atoms with van der Waals surface area (Å²) in [5.41, 5.74) is 3.55. The topological polar surface area (TPSA) is 36.4 Å². The van der Waals surface area contributed by atoms with Crippen LogP contribution in [0.25, 0.3) is 0 Å². The molecule has 0 fully saturated rings. The first-order valence-corrected chi connectivity index (χ1v) is 6.80. The van der Waals surface area contributed by atoms with E-state index in [1.807, 2.05) is 12.1 Å². The Kier molecular flexibility index (Phi) is 3.47.